The third-order valence-electron chi connectivity index (χ3n) is 3.77. The van der Waals surface area contributed by atoms with Gasteiger partial charge in [0.05, 0.1) is 6.61 Å². The molecule has 0 radical (unpaired) electrons. The van der Waals surface area contributed by atoms with Gasteiger partial charge in [-0.3, -0.25) is 4.79 Å². The molecule has 0 saturated heterocycles. The Morgan fingerprint density at radius 2 is 2.19 bits per heavy atom. The molecule has 1 aliphatic rings. The van der Waals surface area contributed by atoms with Gasteiger partial charge in [-0.2, -0.15) is 0 Å². The molecule has 1 fully saturated rings. The van der Waals surface area contributed by atoms with Crippen molar-refractivity contribution >= 4 is 25.6 Å². The number of rotatable bonds is 6. The number of nitrogens with zero attached hydrogens (tertiary/aromatic N) is 2. The second kappa shape index (κ2) is 6.37. The van der Waals surface area contributed by atoms with E-state index < -0.39 is 9.05 Å². The van der Waals surface area contributed by atoms with Crippen molar-refractivity contribution in [2.45, 2.75) is 30.2 Å². The molecule has 21 heavy (non-hydrogen) atoms. The highest BCUT2D eigenvalue weighted by Gasteiger charge is 2.28. The van der Waals surface area contributed by atoms with E-state index in [4.69, 9.17) is 15.4 Å². The monoisotopic (exact) mass is 334 g/mol. The van der Waals surface area contributed by atoms with Crippen LogP contribution in [0, 0.1) is 0 Å². The molecule has 1 heterocycles. The first-order chi connectivity index (χ1) is 9.84. The summed E-state index contributed by atoms with van der Waals surface area (Å²) in [5, 5.41) is 0. The lowest BCUT2D eigenvalue weighted by atomic mass is 9.93. The fraction of sp³-hybridized carbons (Fsp3) is 0.615. The number of carbonyl (C=O) groups excluding carboxylic acids is 1. The summed E-state index contributed by atoms with van der Waals surface area (Å²) in [6, 6.07) is 1.53. The van der Waals surface area contributed by atoms with Crippen LogP contribution in [0.1, 0.15) is 35.8 Å². The Kier molecular flexibility index (Phi) is 4.95. The van der Waals surface area contributed by atoms with Gasteiger partial charge in [0.1, 0.15) is 10.6 Å². The fourth-order valence-electron chi connectivity index (χ4n) is 2.25. The minimum atomic E-state index is -3.84. The van der Waals surface area contributed by atoms with Crippen molar-refractivity contribution in [1.82, 2.24) is 9.47 Å². The Balaban J connectivity index is 2.32. The lowest BCUT2D eigenvalue weighted by Crippen LogP contribution is -2.32. The normalized spacial score (nSPS) is 15.8. The summed E-state index contributed by atoms with van der Waals surface area (Å²) in [5.74, 6) is -0.231. The van der Waals surface area contributed by atoms with Gasteiger partial charge >= 0.3 is 0 Å². The Labute approximate surface area is 129 Å². The number of aromatic nitrogens is 1. The first-order valence-electron chi connectivity index (χ1n) is 6.75. The van der Waals surface area contributed by atoms with Crippen molar-refractivity contribution in [2.75, 3.05) is 27.3 Å². The van der Waals surface area contributed by atoms with E-state index >= 15 is 0 Å². The van der Waals surface area contributed by atoms with Crippen LogP contribution in [0.2, 0.25) is 0 Å². The van der Waals surface area contributed by atoms with E-state index in [0.29, 0.717) is 18.8 Å². The van der Waals surface area contributed by atoms with Gasteiger partial charge in [0.2, 0.25) is 0 Å². The molecule has 0 aromatic carbocycles. The molecule has 1 aromatic rings. The SMILES string of the molecule is COCCN(C)C(=O)c1cc(S(=O)(=O)Cl)cn1C1CCC1. The maximum absolute atomic E-state index is 12.5. The summed E-state index contributed by atoms with van der Waals surface area (Å²) in [5.41, 5.74) is 0.359. The summed E-state index contributed by atoms with van der Waals surface area (Å²) in [7, 11) is 4.77. The van der Waals surface area contributed by atoms with Crippen molar-refractivity contribution in [1.29, 1.82) is 0 Å². The zero-order valence-corrected chi connectivity index (χ0v) is 13.7. The molecule has 1 saturated carbocycles. The van der Waals surface area contributed by atoms with Crippen LogP contribution in [0.3, 0.4) is 0 Å². The van der Waals surface area contributed by atoms with E-state index in [1.165, 1.54) is 17.2 Å². The van der Waals surface area contributed by atoms with Gasteiger partial charge in [0.15, 0.2) is 0 Å². The predicted octanol–water partition coefficient (Wildman–Crippen LogP) is 1.86. The first kappa shape index (κ1) is 16.3. The average Bonchev–Trinajstić information content (AvgIpc) is 2.77. The van der Waals surface area contributed by atoms with E-state index in [1.54, 1.807) is 18.7 Å². The molecule has 0 unspecified atom stereocenters. The van der Waals surface area contributed by atoms with Crippen LogP contribution in [0.4, 0.5) is 0 Å². The lowest BCUT2D eigenvalue weighted by Gasteiger charge is -2.29. The molecule has 8 heteroatoms. The molecule has 0 aliphatic heterocycles. The molecule has 2 rings (SSSR count). The number of likely N-dealkylation sites (N-methyl/N-ethyl adjacent to an activating group) is 1. The second-order valence-electron chi connectivity index (χ2n) is 5.21. The molecule has 0 N–H and O–H groups in total. The third kappa shape index (κ3) is 3.59. The van der Waals surface area contributed by atoms with Gasteiger partial charge < -0.3 is 14.2 Å². The molecule has 0 atom stereocenters. The van der Waals surface area contributed by atoms with Crippen molar-refractivity contribution in [2.24, 2.45) is 0 Å². The summed E-state index contributed by atoms with van der Waals surface area (Å²) in [6.07, 6.45) is 4.43. The topological polar surface area (TPSA) is 68.6 Å². The maximum Gasteiger partial charge on any atom is 0.270 e. The average molecular weight is 335 g/mol. The van der Waals surface area contributed by atoms with Crippen LogP contribution < -0.4 is 0 Å². The van der Waals surface area contributed by atoms with Gasteiger partial charge in [-0.15, -0.1) is 0 Å². The number of carbonyl (C=O) groups is 1. The van der Waals surface area contributed by atoms with E-state index in [2.05, 4.69) is 0 Å². The number of methoxy groups -OCH3 is 1. The van der Waals surface area contributed by atoms with Crippen molar-refractivity contribution < 1.29 is 17.9 Å². The summed E-state index contributed by atoms with van der Waals surface area (Å²) in [4.78, 5) is 14.0. The van der Waals surface area contributed by atoms with Crippen molar-refractivity contribution in [3.05, 3.63) is 18.0 Å². The van der Waals surface area contributed by atoms with E-state index in [9.17, 15) is 13.2 Å². The zero-order valence-electron chi connectivity index (χ0n) is 12.1. The Bertz CT molecular complexity index is 622. The van der Waals surface area contributed by atoms with Gasteiger partial charge in [-0.25, -0.2) is 8.42 Å². The van der Waals surface area contributed by atoms with Gasteiger partial charge in [0.25, 0.3) is 15.0 Å². The van der Waals surface area contributed by atoms with Gasteiger partial charge in [-0.05, 0) is 25.3 Å². The van der Waals surface area contributed by atoms with E-state index in [1.807, 2.05) is 0 Å². The highest BCUT2D eigenvalue weighted by atomic mass is 35.7. The molecule has 1 aliphatic carbocycles. The third-order valence-corrected chi connectivity index (χ3v) is 5.09. The van der Waals surface area contributed by atoms with Gasteiger partial charge in [-0.1, -0.05) is 0 Å². The summed E-state index contributed by atoms with van der Waals surface area (Å²) >= 11 is 0. The van der Waals surface area contributed by atoms with Crippen LogP contribution >= 0.6 is 10.7 Å². The lowest BCUT2D eigenvalue weighted by molar-refractivity contribution is 0.0728. The minimum absolute atomic E-state index is 0.0282. The fourth-order valence-corrected chi connectivity index (χ4v) is 3.00. The zero-order chi connectivity index (χ0) is 15.6. The predicted molar refractivity (Wildman–Crippen MR) is 79.2 cm³/mol. The molecule has 0 spiro atoms. The number of amides is 1. The largest absolute Gasteiger partial charge is 0.383 e. The summed E-state index contributed by atoms with van der Waals surface area (Å²) in [6.45, 7) is 0.862. The Morgan fingerprint density at radius 1 is 1.52 bits per heavy atom. The quantitative estimate of drug-likeness (QED) is 0.745. The van der Waals surface area contributed by atoms with Gasteiger partial charge in [0, 0.05) is 43.6 Å². The minimum Gasteiger partial charge on any atom is -0.383 e. The highest BCUT2D eigenvalue weighted by Crippen LogP contribution is 2.35. The molecule has 6 nitrogen and oxygen atoms in total. The molecule has 0 bridgehead atoms. The molecule has 1 aromatic heterocycles. The Hall–Kier alpha value is -1.05. The molecular weight excluding hydrogens is 316 g/mol. The van der Waals surface area contributed by atoms with Crippen LogP contribution in [-0.2, 0) is 13.8 Å². The number of halogens is 1. The smallest absolute Gasteiger partial charge is 0.270 e. The molecular formula is C13H19ClN2O4S. The standard InChI is InChI=1S/C13H19ClN2O4S/c1-15(6-7-20-2)13(17)12-8-11(21(14,18)19)9-16(12)10-4-3-5-10/h8-10H,3-7H2,1-2H3. The van der Waals surface area contributed by atoms with Crippen LogP contribution in [0.15, 0.2) is 17.2 Å². The molecule has 118 valence electrons. The second-order valence-corrected chi connectivity index (χ2v) is 7.78. The number of ether oxygens (including phenoxy) is 1. The first-order valence-corrected chi connectivity index (χ1v) is 9.06. The van der Waals surface area contributed by atoms with Crippen LogP contribution in [-0.4, -0.2) is 51.1 Å². The van der Waals surface area contributed by atoms with Crippen LogP contribution in [0.25, 0.3) is 0 Å². The Morgan fingerprint density at radius 3 is 2.67 bits per heavy atom. The van der Waals surface area contributed by atoms with Crippen molar-refractivity contribution in [3.8, 4) is 0 Å². The highest BCUT2D eigenvalue weighted by molar-refractivity contribution is 8.13. The number of hydrogen-bond donors (Lipinski definition) is 0. The van der Waals surface area contributed by atoms with Crippen LogP contribution in [0.5, 0.6) is 0 Å². The summed E-state index contributed by atoms with van der Waals surface area (Å²) < 4.78 is 29.7. The van der Waals surface area contributed by atoms with E-state index in [0.717, 1.165) is 19.3 Å². The number of hydrogen-bond acceptors (Lipinski definition) is 4. The molecule has 1 amide bonds. The maximum atomic E-state index is 12.5. The van der Waals surface area contributed by atoms with E-state index in [-0.39, 0.29) is 16.8 Å². The van der Waals surface area contributed by atoms with Crippen molar-refractivity contribution in [3.63, 3.8) is 0 Å².